The summed E-state index contributed by atoms with van der Waals surface area (Å²) < 4.78 is 3.63. The first-order valence-corrected chi connectivity index (χ1v) is 8.34. The van der Waals surface area contributed by atoms with E-state index in [-0.39, 0.29) is 5.91 Å². The first kappa shape index (κ1) is 16.1. The molecule has 1 unspecified atom stereocenters. The summed E-state index contributed by atoms with van der Waals surface area (Å²) in [5.74, 6) is -0.0877. The van der Waals surface area contributed by atoms with Crippen LogP contribution >= 0.6 is 0 Å². The van der Waals surface area contributed by atoms with E-state index in [0.29, 0.717) is 6.54 Å². The van der Waals surface area contributed by atoms with Gasteiger partial charge in [-0.05, 0) is 25.1 Å². The third-order valence-corrected chi connectivity index (χ3v) is 4.50. The van der Waals surface area contributed by atoms with Crippen LogP contribution in [0.25, 0.3) is 22.3 Å². The van der Waals surface area contributed by atoms with Crippen LogP contribution in [-0.4, -0.2) is 35.2 Å². The van der Waals surface area contributed by atoms with E-state index in [9.17, 15) is 4.79 Å². The van der Waals surface area contributed by atoms with Crippen LogP contribution in [0.1, 0.15) is 18.7 Å². The van der Waals surface area contributed by atoms with Crippen LogP contribution < -0.4 is 5.32 Å². The normalized spacial score (nSPS) is 12.4. The molecule has 26 heavy (non-hydrogen) atoms. The van der Waals surface area contributed by atoms with Crippen LogP contribution in [0.5, 0.6) is 0 Å². The van der Waals surface area contributed by atoms with Crippen LogP contribution in [0.4, 0.5) is 0 Å². The molecule has 4 heterocycles. The first-order chi connectivity index (χ1) is 12.6. The topological polar surface area (TPSA) is 93.4 Å². The number of carbonyl (C=O) groups is 1. The fourth-order valence-electron chi connectivity index (χ4n) is 2.90. The Kier molecular flexibility index (Phi) is 4.00. The van der Waals surface area contributed by atoms with Crippen LogP contribution in [0.2, 0.25) is 0 Å². The average Bonchev–Trinajstić information content (AvgIpc) is 3.39. The number of amides is 1. The maximum atomic E-state index is 12.5. The quantitative estimate of drug-likeness (QED) is 0.576. The molecule has 0 aliphatic rings. The minimum absolute atomic E-state index is 0.0877. The fourth-order valence-corrected chi connectivity index (χ4v) is 2.90. The molecule has 0 saturated heterocycles. The number of carbonyl (C=O) groups excluding carboxylic acids is 1. The minimum Gasteiger partial charge on any atom is -0.353 e. The van der Waals surface area contributed by atoms with E-state index in [1.54, 1.807) is 10.9 Å². The molecule has 1 amide bonds. The van der Waals surface area contributed by atoms with Gasteiger partial charge >= 0.3 is 0 Å². The second-order valence-corrected chi connectivity index (χ2v) is 6.18. The van der Waals surface area contributed by atoms with Gasteiger partial charge < -0.3 is 14.9 Å². The molecule has 0 fully saturated rings. The number of aromatic nitrogens is 6. The molecule has 0 aliphatic heterocycles. The van der Waals surface area contributed by atoms with Gasteiger partial charge in [-0.3, -0.25) is 9.48 Å². The average molecular weight is 349 g/mol. The van der Waals surface area contributed by atoms with Crippen molar-refractivity contribution in [3.05, 3.63) is 55.0 Å². The Labute approximate surface area is 149 Å². The highest BCUT2D eigenvalue weighted by Crippen LogP contribution is 2.24. The van der Waals surface area contributed by atoms with E-state index in [1.807, 2.05) is 55.3 Å². The second-order valence-electron chi connectivity index (χ2n) is 6.18. The third-order valence-electron chi connectivity index (χ3n) is 4.50. The molecule has 8 heteroatoms. The largest absolute Gasteiger partial charge is 0.353 e. The summed E-state index contributed by atoms with van der Waals surface area (Å²) in [5, 5.41) is 8.22. The molecular weight excluding hydrogens is 330 g/mol. The van der Waals surface area contributed by atoms with Crippen molar-refractivity contribution in [2.75, 3.05) is 0 Å². The number of aryl methyl sites for hydroxylation is 1. The SMILES string of the molecule is CC(C(=O)NCc1cccn1C)n1cc(-c2ncnc3[nH]ccc23)cn1. The van der Waals surface area contributed by atoms with Crippen molar-refractivity contribution in [1.82, 2.24) is 34.6 Å². The van der Waals surface area contributed by atoms with Gasteiger partial charge in [0.15, 0.2) is 0 Å². The lowest BCUT2D eigenvalue weighted by atomic mass is 10.2. The number of hydrogen-bond acceptors (Lipinski definition) is 4. The van der Waals surface area contributed by atoms with Gasteiger partial charge in [0.25, 0.3) is 0 Å². The molecule has 132 valence electrons. The second kappa shape index (κ2) is 6.47. The zero-order valence-electron chi connectivity index (χ0n) is 14.5. The molecule has 2 N–H and O–H groups in total. The molecule has 8 nitrogen and oxygen atoms in total. The highest BCUT2D eigenvalue weighted by Gasteiger charge is 2.17. The maximum Gasteiger partial charge on any atom is 0.244 e. The number of nitrogens with one attached hydrogen (secondary N) is 2. The molecular formula is C18H19N7O. The van der Waals surface area contributed by atoms with Crippen LogP contribution in [-0.2, 0) is 18.4 Å². The molecule has 4 aromatic heterocycles. The van der Waals surface area contributed by atoms with Crippen molar-refractivity contribution in [3.8, 4) is 11.3 Å². The van der Waals surface area contributed by atoms with Crippen molar-refractivity contribution in [2.45, 2.75) is 19.5 Å². The maximum absolute atomic E-state index is 12.5. The summed E-state index contributed by atoms with van der Waals surface area (Å²) in [5.41, 5.74) is 3.46. The molecule has 0 saturated carbocycles. The van der Waals surface area contributed by atoms with Gasteiger partial charge in [0, 0.05) is 42.3 Å². The minimum atomic E-state index is -0.424. The Balaban J connectivity index is 1.51. The van der Waals surface area contributed by atoms with Crippen molar-refractivity contribution in [3.63, 3.8) is 0 Å². The van der Waals surface area contributed by atoms with Gasteiger partial charge in [-0.1, -0.05) is 0 Å². The lowest BCUT2D eigenvalue weighted by Crippen LogP contribution is -2.31. The summed E-state index contributed by atoms with van der Waals surface area (Å²) in [7, 11) is 1.95. The molecule has 4 aromatic rings. The standard InChI is InChI=1S/C18H19N7O/c1-12(18(26)20-9-14-4-3-7-24(14)2)25-10-13(8-23-25)16-15-5-6-19-17(15)22-11-21-16/h3-8,10-12H,9H2,1-2H3,(H,20,26)(H,19,21,22). The van der Waals surface area contributed by atoms with Crippen molar-refractivity contribution in [1.29, 1.82) is 0 Å². The number of aromatic amines is 1. The van der Waals surface area contributed by atoms with Crippen molar-refractivity contribution in [2.24, 2.45) is 7.05 Å². The Morgan fingerprint density at radius 2 is 2.23 bits per heavy atom. The highest BCUT2D eigenvalue weighted by molar-refractivity contribution is 5.90. The molecule has 0 spiro atoms. The van der Waals surface area contributed by atoms with E-state index < -0.39 is 6.04 Å². The van der Waals surface area contributed by atoms with Gasteiger partial charge in [0.05, 0.1) is 18.4 Å². The van der Waals surface area contributed by atoms with Gasteiger partial charge in [0.2, 0.25) is 5.91 Å². The van der Waals surface area contributed by atoms with E-state index in [1.165, 1.54) is 6.33 Å². The highest BCUT2D eigenvalue weighted by atomic mass is 16.2. The lowest BCUT2D eigenvalue weighted by Gasteiger charge is -2.13. The summed E-state index contributed by atoms with van der Waals surface area (Å²) in [6, 6.07) is 5.44. The lowest BCUT2D eigenvalue weighted by molar-refractivity contribution is -0.124. The Hall–Kier alpha value is -3.42. The molecule has 0 aromatic carbocycles. The van der Waals surface area contributed by atoms with Gasteiger partial charge in [0.1, 0.15) is 18.0 Å². The summed E-state index contributed by atoms with van der Waals surface area (Å²) in [6.45, 7) is 2.31. The fraction of sp³-hybridized carbons (Fsp3) is 0.222. The first-order valence-electron chi connectivity index (χ1n) is 8.34. The van der Waals surface area contributed by atoms with Crippen LogP contribution in [0.3, 0.4) is 0 Å². The molecule has 0 aliphatic carbocycles. The third kappa shape index (κ3) is 2.85. The van der Waals surface area contributed by atoms with E-state index in [4.69, 9.17) is 0 Å². The van der Waals surface area contributed by atoms with Gasteiger partial charge in [-0.15, -0.1) is 0 Å². The molecule has 1 atom stereocenters. The Morgan fingerprint density at radius 1 is 1.35 bits per heavy atom. The molecule has 4 rings (SSSR count). The molecule has 0 radical (unpaired) electrons. The van der Waals surface area contributed by atoms with Crippen molar-refractivity contribution < 1.29 is 4.79 Å². The van der Waals surface area contributed by atoms with E-state index in [0.717, 1.165) is 28.0 Å². The predicted molar refractivity (Wildman–Crippen MR) is 97.1 cm³/mol. The van der Waals surface area contributed by atoms with Gasteiger partial charge in [-0.25, -0.2) is 9.97 Å². The number of H-pyrrole nitrogens is 1. The number of hydrogen-bond donors (Lipinski definition) is 2. The monoisotopic (exact) mass is 349 g/mol. The van der Waals surface area contributed by atoms with E-state index in [2.05, 4.69) is 25.4 Å². The van der Waals surface area contributed by atoms with Crippen LogP contribution in [0, 0.1) is 0 Å². The molecule has 0 bridgehead atoms. The zero-order valence-corrected chi connectivity index (χ0v) is 14.5. The predicted octanol–water partition coefficient (Wildman–Crippen LogP) is 2.04. The zero-order chi connectivity index (χ0) is 18.1. The summed E-state index contributed by atoms with van der Waals surface area (Å²) in [4.78, 5) is 24.1. The number of rotatable bonds is 5. The summed E-state index contributed by atoms with van der Waals surface area (Å²) in [6.07, 6.45) is 8.85. The van der Waals surface area contributed by atoms with E-state index >= 15 is 0 Å². The smallest absolute Gasteiger partial charge is 0.244 e. The number of fused-ring (bicyclic) bond motifs is 1. The van der Waals surface area contributed by atoms with Crippen LogP contribution in [0.15, 0.2) is 49.3 Å². The number of nitrogens with zero attached hydrogens (tertiary/aromatic N) is 5. The Bertz CT molecular complexity index is 1060. The van der Waals surface area contributed by atoms with Crippen molar-refractivity contribution >= 4 is 16.9 Å². The summed E-state index contributed by atoms with van der Waals surface area (Å²) >= 11 is 0. The van der Waals surface area contributed by atoms with Gasteiger partial charge in [-0.2, -0.15) is 5.10 Å². The Morgan fingerprint density at radius 3 is 3.04 bits per heavy atom.